The van der Waals surface area contributed by atoms with Gasteiger partial charge in [0, 0.05) is 0 Å². The molecule has 0 saturated carbocycles. The molecule has 0 fully saturated rings. The van der Waals surface area contributed by atoms with E-state index < -0.39 is 6.16 Å². The van der Waals surface area contributed by atoms with Gasteiger partial charge in [0.05, 0.1) is 6.10 Å². The van der Waals surface area contributed by atoms with E-state index in [1.165, 1.54) is 0 Å². The molecule has 1 atom stereocenters. The second kappa shape index (κ2) is 5.84. The van der Waals surface area contributed by atoms with Crippen molar-refractivity contribution in [1.82, 2.24) is 0 Å². The van der Waals surface area contributed by atoms with E-state index in [9.17, 15) is 4.79 Å². The minimum atomic E-state index is -0.560. The monoisotopic (exact) mass is 188 g/mol. The van der Waals surface area contributed by atoms with Crippen LogP contribution in [0.3, 0.4) is 0 Å². The maximum Gasteiger partial charge on any atom is 0.508 e. The summed E-state index contributed by atoms with van der Waals surface area (Å²) in [6, 6.07) is 0. The Balaban J connectivity index is 3.87. The van der Waals surface area contributed by atoms with E-state index in [1.54, 1.807) is 13.8 Å². The molecule has 3 nitrogen and oxygen atoms in total. The highest BCUT2D eigenvalue weighted by Crippen LogP contribution is 2.11. The first-order chi connectivity index (χ1) is 5.97. The van der Waals surface area contributed by atoms with Crippen molar-refractivity contribution in [3.05, 3.63) is 0 Å². The summed E-state index contributed by atoms with van der Waals surface area (Å²) in [5, 5.41) is 0. The summed E-state index contributed by atoms with van der Waals surface area (Å²) in [4.78, 5) is 11.1. The van der Waals surface area contributed by atoms with Crippen molar-refractivity contribution < 1.29 is 14.3 Å². The van der Waals surface area contributed by atoms with Gasteiger partial charge in [-0.1, -0.05) is 20.8 Å². The molecule has 0 aromatic heterocycles. The molecule has 0 radical (unpaired) electrons. The molecule has 0 heterocycles. The Kier molecular flexibility index (Phi) is 5.51. The highest BCUT2D eigenvalue weighted by atomic mass is 16.7. The average Bonchev–Trinajstić information content (AvgIpc) is 1.98. The lowest BCUT2D eigenvalue weighted by Crippen LogP contribution is -2.24. The SMILES string of the molecule is CCC(OC(=O)OC(C)C)C(C)C. The maximum atomic E-state index is 11.1. The molecule has 0 spiro atoms. The smallest absolute Gasteiger partial charge is 0.432 e. The third-order valence-electron chi connectivity index (χ3n) is 1.73. The van der Waals surface area contributed by atoms with Crippen LogP contribution in [0.4, 0.5) is 4.79 Å². The molecule has 78 valence electrons. The summed E-state index contributed by atoms with van der Waals surface area (Å²) in [5.74, 6) is 0.338. The van der Waals surface area contributed by atoms with Crippen LogP contribution in [-0.2, 0) is 9.47 Å². The molecular weight excluding hydrogens is 168 g/mol. The second-order valence-corrected chi connectivity index (χ2v) is 3.73. The van der Waals surface area contributed by atoms with Crippen molar-refractivity contribution in [2.45, 2.75) is 53.2 Å². The molecule has 0 aliphatic carbocycles. The van der Waals surface area contributed by atoms with E-state index in [0.29, 0.717) is 5.92 Å². The molecule has 0 bridgehead atoms. The van der Waals surface area contributed by atoms with Crippen molar-refractivity contribution in [1.29, 1.82) is 0 Å². The van der Waals surface area contributed by atoms with Crippen molar-refractivity contribution in [3.8, 4) is 0 Å². The van der Waals surface area contributed by atoms with Gasteiger partial charge in [-0.15, -0.1) is 0 Å². The van der Waals surface area contributed by atoms with Crippen LogP contribution in [-0.4, -0.2) is 18.4 Å². The highest BCUT2D eigenvalue weighted by molar-refractivity contribution is 5.60. The van der Waals surface area contributed by atoms with E-state index in [1.807, 2.05) is 20.8 Å². The largest absolute Gasteiger partial charge is 0.508 e. The second-order valence-electron chi connectivity index (χ2n) is 3.73. The van der Waals surface area contributed by atoms with Crippen LogP contribution in [0.1, 0.15) is 41.0 Å². The topological polar surface area (TPSA) is 35.5 Å². The van der Waals surface area contributed by atoms with Gasteiger partial charge in [-0.3, -0.25) is 0 Å². The van der Waals surface area contributed by atoms with Crippen LogP contribution in [0.25, 0.3) is 0 Å². The Morgan fingerprint density at radius 3 is 2.00 bits per heavy atom. The van der Waals surface area contributed by atoms with Crippen molar-refractivity contribution >= 4 is 6.16 Å². The van der Waals surface area contributed by atoms with Gasteiger partial charge in [0.1, 0.15) is 6.10 Å². The first-order valence-corrected chi connectivity index (χ1v) is 4.84. The average molecular weight is 188 g/mol. The van der Waals surface area contributed by atoms with Gasteiger partial charge in [0.2, 0.25) is 0 Å². The first-order valence-electron chi connectivity index (χ1n) is 4.84. The van der Waals surface area contributed by atoms with Crippen molar-refractivity contribution in [3.63, 3.8) is 0 Å². The molecule has 0 rings (SSSR count). The first kappa shape index (κ1) is 12.3. The van der Waals surface area contributed by atoms with Gasteiger partial charge in [-0.2, -0.15) is 0 Å². The fourth-order valence-corrected chi connectivity index (χ4v) is 1.03. The summed E-state index contributed by atoms with van der Waals surface area (Å²) in [6.07, 6.45) is 0.115. The minimum Gasteiger partial charge on any atom is -0.432 e. The van der Waals surface area contributed by atoms with Crippen LogP contribution in [0.15, 0.2) is 0 Å². The predicted molar refractivity (Wildman–Crippen MR) is 51.6 cm³/mol. The van der Waals surface area contributed by atoms with E-state index in [4.69, 9.17) is 9.47 Å². The van der Waals surface area contributed by atoms with Crippen molar-refractivity contribution in [2.24, 2.45) is 5.92 Å². The van der Waals surface area contributed by atoms with E-state index in [2.05, 4.69) is 0 Å². The number of carbonyl (C=O) groups excluding carboxylic acids is 1. The van der Waals surface area contributed by atoms with Gasteiger partial charge < -0.3 is 9.47 Å². The van der Waals surface area contributed by atoms with Crippen LogP contribution in [0.5, 0.6) is 0 Å². The number of rotatable bonds is 4. The van der Waals surface area contributed by atoms with Gasteiger partial charge >= 0.3 is 6.16 Å². The van der Waals surface area contributed by atoms with Gasteiger partial charge in [0.25, 0.3) is 0 Å². The zero-order chi connectivity index (χ0) is 10.4. The Morgan fingerprint density at radius 2 is 1.69 bits per heavy atom. The zero-order valence-electron chi connectivity index (χ0n) is 9.16. The molecular formula is C10H20O3. The number of carbonyl (C=O) groups is 1. The van der Waals surface area contributed by atoms with Crippen molar-refractivity contribution in [2.75, 3.05) is 0 Å². The summed E-state index contributed by atoms with van der Waals surface area (Å²) in [6.45, 7) is 9.65. The molecule has 0 aromatic carbocycles. The van der Waals surface area contributed by atoms with Crippen LogP contribution in [0.2, 0.25) is 0 Å². The minimum absolute atomic E-state index is 0.0359. The van der Waals surface area contributed by atoms with Crippen LogP contribution >= 0.6 is 0 Å². The van der Waals surface area contributed by atoms with Crippen LogP contribution in [0, 0.1) is 5.92 Å². The molecule has 13 heavy (non-hydrogen) atoms. The molecule has 3 heteroatoms. The zero-order valence-corrected chi connectivity index (χ0v) is 9.16. The molecule has 1 unspecified atom stereocenters. The fourth-order valence-electron chi connectivity index (χ4n) is 1.03. The van der Waals surface area contributed by atoms with Gasteiger partial charge in [-0.25, -0.2) is 4.79 Å². The third kappa shape index (κ3) is 5.50. The highest BCUT2D eigenvalue weighted by Gasteiger charge is 2.17. The number of hydrogen-bond donors (Lipinski definition) is 0. The Bertz CT molecular complexity index is 152. The number of ether oxygens (including phenoxy) is 2. The van der Waals surface area contributed by atoms with E-state index in [-0.39, 0.29) is 12.2 Å². The molecule has 0 saturated heterocycles. The summed E-state index contributed by atoms with van der Waals surface area (Å²) in [5.41, 5.74) is 0. The van der Waals surface area contributed by atoms with Gasteiger partial charge in [0.15, 0.2) is 0 Å². The molecule has 0 aliphatic heterocycles. The van der Waals surface area contributed by atoms with Gasteiger partial charge in [-0.05, 0) is 26.2 Å². The lowest BCUT2D eigenvalue weighted by Gasteiger charge is -2.19. The summed E-state index contributed by atoms with van der Waals surface area (Å²) in [7, 11) is 0. The third-order valence-corrected chi connectivity index (χ3v) is 1.73. The number of hydrogen-bond acceptors (Lipinski definition) is 3. The Morgan fingerprint density at radius 1 is 1.15 bits per heavy atom. The maximum absolute atomic E-state index is 11.1. The molecule has 0 aromatic rings. The Hall–Kier alpha value is -0.730. The lowest BCUT2D eigenvalue weighted by atomic mass is 10.1. The molecule has 0 amide bonds. The van der Waals surface area contributed by atoms with Crippen LogP contribution < -0.4 is 0 Å². The predicted octanol–water partition coefficient (Wildman–Crippen LogP) is 2.98. The lowest BCUT2D eigenvalue weighted by molar-refractivity contribution is -0.00752. The normalized spacial score (nSPS) is 13.2. The summed E-state index contributed by atoms with van der Waals surface area (Å²) < 4.78 is 9.98. The quantitative estimate of drug-likeness (QED) is 0.636. The standard InChI is InChI=1S/C10H20O3/c1-6-9(7(2)3)13-10(11)12-8(4)5/h7-9H,6H2,1-5H3. The Labute approximate surface area is 80.4 Å². The molecule has 0 aliphatic rings. The molecule has 0 N–H and O–H groups in total. The van der Waals surface area contributed by atoms with E-state index in [0.717, 1.165) is 6.42 Å². The summed E-state index contributed by atoms with van der Waals surface area (Å²) >= 11 is 0. The fraction of sp³-hybridized carbons (Fsp3) is 0.900. The van der Waals surface area contributed by atoms with E-state index >= 15 is 0 Å².